The molecule has 0 aliphatic carbocycles. The molecule has 50 heavy (non-hydrogen) atoms. The van der Waals surface area contributed by atoms with Crippen molar-refractivity contribution in [2.45, 2.75) is 0 Å². The molecule has 0 aliphatic heterocycles. The van der Waals surface area contributed by atoms with E-state index in [4.69, 9.17) is 13.8 Å². The van der Waals surface area contributed by atoms with E-state index in [2.05, 4.69) is 146 Å². The highest BCUT2D eigenvalue weighted by Gasteiger charge is 2.15. The van der Waals surface area contributed by atoms with Gasteiger partial charge in [0.15, 0.2) is 0 Å². The highest BCUT2D eigenvalue weighted by atomic mass is 16.3. The number of para-hydroxylation sites is 4. The fourth-order valence-corrected chi connectivity index (χ4v) is 7.21. The number of hydrogen-bond donors (Lipinski definition) is 0. The Morgan fingerprint density at radius 3 is 1.26 bits per heavy atom. The van der Waals surface area contributed by atoms with Gasteiger partial charge in [0.25, 0.3) is 0 Å². The van der Waals surface area contributed by atoms with Crippen LogP contribution in [0.5, 0.6) is 0 Å². The Bertz CT molecular complexity index is 2670. The Hall–Kier alpha value is -6.71. The Kier molecular flexibility index (Phi) is 6.49. The Balaban J connectivity index is 1.04. The summed E-state index contributed by atoms with van der Waals surface area (Å²) < 4.78 is 12.7. The maximum Gasteiger partial charge on any atom is 0.143 e. The van der Waals surface area contributed by atoms with Crippen LogP contribution >= 0.6 is 0 Å². The first-order valence-corrected chi connectivity index (χ1v) is 16.9. The van der Waals surface area contributed by atoms with Gasteiger partial charge in [-0.3, -0.25) is 0 Å². The minimum atomic E-state index is 0.903. The summed E-state index contributed by atoms with van der Waals surface area (Å²) in [6, 6.07) is 61.4. The van der Waals surface area contributed by atoms with Crippen LogP contribution in [0.25, 0.3) is 99.8 Å². The minimum absolute atomic E-state index is 0.903. The molecule has 0 atom stereocenters. The number of rotatable bonds is 5. The van der Waals surface area contributed by atoms with Crippen LogP contribution in [0.3, 0.4) is 0 Å². The topological polar surface area (TPSA) is 39.2 Å². The van der Waals surface area contributed by atoms with E-state index in [0.717, 1.165) is 99.8 Å². The molecule has 10 aromatic rings. The molecule has 0 N–H and O–H groups in total. The summed E-state index contributed by atoms with van der Waals surface area (Å²) in [5.74, 6) is 0. The molecule has 0 aliphatic rings. The normalized spacial score (nSPS) is 11.6. The Labute approximate surface area is 288 Å². The lowest BCUT2D eigenvalue weighted by Gasteiger charge is -2.12. The first-order valence-electron chi connectivity index (χ1n) is 16.9. The van der Waals surface area contributed by atoms with E-state index in [1.165, 1.54) is 0 Å². The van der Waals surface area contributed by atoms with Gasteiger partial charge < -0.3 is 8.83 Å². The standard InChI is InChI=1S/C47H29NO2/c1-2-10-33(11-3-1)42-28-35(30-20-22-31(23-21-30)36-14-8-16-40-38-12-4-6-18-44(38)49-46(36)40)29-43(48-42)34-26-24-32(25-27-34)37-15-9-17-41-39-13-5-7-19-45(39)50-47(37)41/h1-29H. The van der Waals surface area contributed by atoms with Crippen LogP contribution in [0.2, 0.25) is 0 Å². The smallest absolute Gasteiger partial charge is 0.143 e. The number of aromatic nitrogens is 1. The number of benzene rings is 7. The van der Waals surface area contributed by atoms with E-state index >= 15 is 0 Å². The fourth-order valence-electron chi connectivity index (χ4n) is 7.21. The third-order valence-corrected chi connectivity index (χ3v) is 9.72. The van der Waals surface area contributed by atoms with Crippen molar-refractivity contribution in [3.63, 3.8) is 0 Å². The summed E-state index contributed by atoms with van der Waals surface area (Å²) in [4.78, 5) is 5.17. The SMILES string of the molecule is c1ccc(-c2cc(-c3ccc(-c4cccc5c4oc4ccccc45)cc3)cc(-c3ccc(-c4cccc5c4oc4ccccc45)cc3)n2)cc1. The average molecular weight is 640 g/mol. The van der Waals surface area contributed by atoms with Crippen LogP contribution in [0.4, 0.5) is 0 Å². The van der Waals surface area contributed by atoms with Crippen molar-refractivity contribution in [2.75, 3.05) is 0 Å². The average Bonchev–Trinajstić information content (AvgIpc) is 3.77. The molecule has 7 aromatic carbocycles. The molecule has 0 saturated carbocycles. The summed E-state index contributed by atoms with van der Waals surface area (Å²) >= 11 is 0. The van der Waals surface area contributed by atoms with Crippen LogP contribution in [0.1, 0.15) is 0 Å². The molecule has 0 amide bonds. The third kappa shape index (κ3) is 4.71. The molecule has 0 radical (unpaired) electrons. The van der Waals surface area contributed by atoms with Gasteiger partial charge in [-0.25, -0.2) is 4.98 Å². The van der Waals surface area contributed by atoms with Gasteiger partial charge in [-0.05, 0) is 46.5 Å². The van der Waals surface area contributed by atoms with Crippen LogP contribution in [-0.2, 0) is 0 Å². The van der Waals surface area contributed by atoms with Gasteiger partial charge in [-0.1, -0.05) is 152 Å². The molecule has 3 aromatic heterocycles. The molecule has 0 saturated heterocycles. The van der Waals surface area contributed by atoms with Crippen molar-refractivity contribution in [1.82, 2.24) is 4.98 Å². The monoisotopic (exact) mass is 639 g/mol. The number of nitrogens with zero attached hydrogens (tertiary/aromatic N) is 1. The molecule has 3 nitrogen and oxygen atoms in total. The summed E-state index contributed by atoms with van der Waals surface area (Å²) in [6.45, 7) is 0. The third-order valence-electron chi connectivity index (χ3n) is 9.72. The lowest BCUT2D eigenvalue weighted by atomic mass is 9.96. The predicted octanol–water partition coefficient (Wildman–Crippen LogP) is 13.2. The van der Waals surface area contributed by atoms with Crippen molar-refractivity contribution in [1.29, 1.82) is 0 Å². The zero-order chi connectivity index (χ0) is 33.0. The van der Waals surface area contributed by atoms with E-state index in [-0.39, 0.29) is 0 Å². The number of hydrogen-bond acceptors (Lipinski definition) is 3. The molecule has 0 unspecified atom stereocenters. The Morgan fingerprint density at radius 1 is 0.300 bits per heavy atom. The predicted molar refractivity (Wildman–Crippen MR) is 206 cm³/mol. The second kappa shape index (κ2) is 11.5. The number of fused-ring (bicyclic) bond motifs is 6. The van der Waals surface area contributed by atoms with E-state index in [9.17, 15) is 0 Å². The number of furan rings is 2. The van der Waals surface area contributed by atoms with E-state index in [0.29, 0.717) is 0 Å². The zero-order valence-corrected chi connectivity index (χ0v) is 27.0. The second-order valence-corrected chi connectivity index (χ2v) is 12.7. The van der Waals surface area contributed by atoms with Gasteiger partial charge in [-0.15, -0.1) is 0 Å². The lowest BCUT2D eigenvalue weighted by molar-refractivity contribution is 0.669. The van der Waals surface area contributed by atoms with Crippen LogP contribution in [-0.4, -0.2) is 4.98 Å². The van der Waals surface area contributed by atoms with Gasteiger partial charge >= 0.3 is 0 Å². The van der Waals surface area contributed by atoms with Crippen LogP contribution in [0.15, 0.2) is 185 Å². The first-order chi connectivity index (χ1) is 24.8. The molecule has 234 valence electrons. The van der Waals surface area contributed by atoms with Crippen molar-refractivity contribution in [2.24, 2.45) is 0 Å². The maximum atomic E-state index is 6.34. The molecule has 0 fully saturated rings. The van der Waals surface area contributed by atoms with Gasteiger partial charge in [0.1, 0.15) is 22.3 Å². The largest absolute Gasteiger partial charge is 0.455 e. The Morgan fingerprint density at radius 2 is 0.720 bits per heavy atom. The molecule has 0 bridgehead atoms. The van der Waals surface area contributed by atoms with Gasteiger partial charge in [0.05, 0.1) is 11.4 Å². The lowest BCUT2D eigenvalue weighted by Crippen LogP contribution is -1.91. The highest BCUT2D eigenvalue weighted by Crippen LogP contribution is 2.39. The quantitative estimate of drug-likeness (QED) is 0.188. The first kappa shape index (κ1) is 28.3. The van der Waals surface area contributed by atoms with Crippen molar-refractivity contribution >= 4 is 43.9 Å². The summed E-state index contributed by atoms with van der Waals surface area (Å²) in [5.41, 5.74) is 14.2. The summed E-state index contributed by atoms with van der Waals surface area (Å²) in [5, 5.41) is 4.53. The van der Waals surface area contributed by atoms with E-state index in [1.54, 1.807) is 0 Å². The highest BCUT2D eigenvalue weighted by molar-refractivity contribution is 6.10. The zero-order valence-electron chi connectivity index (χ0n) is 27.0. The molecular weight excluding hydrogens is 611 g/mol. The van der Waals surface area contributed by atoms with Crippen molar-refractivity contribution in [3.8, 4) is 55.9 Å². The van der Waals surface area contributed by atoms with Gasteiger partial charge in [0, 0.05) is 43.8 Å². The molecule has 10 rings (SSSR count). The molecule has 3 heteroatoms. The van der Waals surface area contributed by atoms with Gasteiger partial charge in [0.2, 0.25) is 0 Å². The molecular formula is C47H29NO2. The molecule has 0 spiro atoms. The number of pyridine rings is 1. The van der Waals surface area contributed by atoms with E-state index < -0.39 is 0 Å². The van der Waals surface area contributed by atoms with E-state index in [1.807, 2.05) is 30.3 Å². The van der Waals surface area contributed by atoms with Crippen molar-refractivity contribution < 1.29 is 8.83 Å². The van der Waals surface area contributed by atoms with Crippen LogP contribution in [0, 0.1) is 0 Å². The van der Waals surface area contributed by atoms with Crippen molar-refractivity contribution in [3.05, 3.63) is 176 Å². The summed E-state index contributed by atoms with van der Waals surface area (Å²) in [6.07, 6.45) is 0. The van der Waals surface area contributed by atoms with Gasteiger partial charge in [-0.2, -0.15) is 0 Å². The molecule has 3 heterocycles. The second-order valence-electron chi connectivity index (χ2n) is 12.7. The fraction of sp³-hybridized carbons (Fsp3) is 0. The summed E-state index contributed by atoms with van der Waals surface area (Å²) in [7, 11) is 0. The van der Waals surface area contributed by atoms with Crippen LogP contribution < -0.4 is 0 Å². The minimum Gasteiger partial charge on any atom is -0.455 e. The maximum absolute atomic E-state index is 6.34.